The van der Waals surface area contributed by atoms with Crippen LogP contribution in [-0.4, -0.2) is 5.11 Å². The molecule has 0 heterocycles. The number of aryl methyl sites for hydroxylation is 1. The molecule has 0 aromatic heterocycles. The molecule has 0 saturated heterocycles. The van der Waals surface area contributed by atoms with Gasteiger partial charge in [-0.25, -0.2) is 22.0 Å². The molecule has 0 atom stereocenters. The molecule has 4 aromatic rings. The summed E-state index contributed by atoms with van der Waals surface area (Å²) in [5, 5.41) is 9.25. The van der Waals surface area contributed by atoms with E-state index in [0.717, 1.165) is 17.2 Å². The Hall–Kier alpha value is -3.22. The molecule has 7 heteroatoms. The minimum absolute atomic E-state index is 0.0912. The van der Waals surface area contributed by atoms with Gasteiger partial charge in [0, 0.05) is 6.07 Å². The number of aliphatic hydroxyl groups excluding tert-OH is 1. The van der Waals surface area contributed by atoms with Crippen LogP contribution in [0.15, 0.2) is 72.8 Å². The van der Waals surface area contributed by atoms with Gasteiger partial charge in [0.1, 0.15) is 29.1 Å². The van der Waals surface area contributed by atoms with Crippen LogP contribution in [-0.2, 0) is 6.61 Å². The zero-order valence-corrected chi connectivity index (χ0v) is 28.4. The highest BCUT2D eigenvalue weighted by Crippen LogP contribution is 2.25. The van der Waals surface area contributed by atoms with Crippen LogP contribution in [0.5, 0.6) is 0 Å². The summed E-state index contributed by atoms with van der Waals surface area (Å²) < 4.78 is 63.6. The Kier molecular flexibility index (Phi) is 17.1. The number of hydrogen-bond acceptors (Lipinski definition) is 1. The van der Waals surface area contributed by atoms with E-state index in [2.05, 4.69) is 13.8 Å². The second-order valence-corrected chi connectivity index (χ2v) is 12.3. The predicted molar refractivity (Wildman–Crippen MR) is 178 cm³/mol. The Morgan fingerprint density at radius 1 is 0.600 bits per heavy atom. The smallest absolute Gasteiger partial charge is 0.145 e. The van der Waals surface area contributed by atoms with E-state index in [-0.39, 0.29) is 40.9 Å². The maximum atomic E-state index is 13.1. The van der Waals surface area contributed by atoms with Crippen molar-refractivity contribution < 1.29 is 27.1 Å². The highest BCUT2D eigenvalue weighted by Gasteiger charge is 2.11. The monoisotopic (exact) mass is 648 g/mol. The van der Waals surface area contributed by atoms with Gasteiger partial charge < -0.3 is 5.11 Å². The molecule has 0 aliphatic rings. The van der Waals surface area contributed by atoms with Crippen LogP contribution in [0.1, 0.15) is 112 Å². The molecule has 4 aromatic carbocycles. The topological polar surface area (TPSA) is 20.2 Å². The van der Waals surface area contributed by atoms with Crippen molar-refractivity contribution in [2.45, 2.75) is 92.6 Å². The molecule has 0 fully saturated rings. The molecule has 4 rings (SSSR count). The summed E-state index contributed by atoms with van der Waals surface area (Å²) in [7, 11) is 0. The van der Waals surface area contributed by atoms with Crippen LogP contribution < -0.4 is 0 Å². The molecule has 246 valence electrons. The summed E-state index contributed by atoms with van der Waals surface area (Å²) in [5.41, 5.74) is 5.10. The van der Waals surface area contributed by atoms with Crippen molar-refractivity contribution >= 4 is 11.6 Å². The summed E-state index contributed by atoms with van der Waals surface area (Å²) >= 11 is 5.58. The average molecular weight is 649 g/mol. The minimum atomic E-state index is -0.521. The molecule has 0 spiro atoms. The molecule has 0 unspecified atom stereocenters. The van der Waals surface area contributed by atoms with E-state index in [1.165, 1.54) is 42.0 Å². The second kappa shape index (κ2) is 19.3. The van der Waals surface area contributed by atoms with Gasteiger partial charge in [-0.15, -0.1) is 0 Å². The van der Waals surface area contributed by atoms with Crippen LogP contribution >= 0.6 is 11.6 Å². The van der Waals surface area contributed by atoms with Gasteiger partial charge in [0.2, 0.25) is 0 Å². The third-order valence-corrected chi connectivity index (χ3v) is 7.20. The first-order valence-electron chi connectivity index (χ1n) is 15.0. The van der Waals surface area contributed by atoms with E-state index in [0.29, 0.717) is 28.5 Å². The lowest BCUT2D eigenvalue weighted by atomic mass is 9.93. The van der Waals surface area contributed by atoms with Crippen molar-refractivity contribution in [1.29, 1.82) is 0 Å². The molecule has 1 nitrogen and oxygen atoms in total. The first-order valence-corrected chi connectivity index (χ1v) is 15.4. The highest BCUT2D eigenvalue weighted by atomic mass is 35.5. The van der Waals surface area contributed by atoms with E-state index < -0.39 is 11.6 Å². The summed E-state index contributed by atoms with van der Waals surface area (Å²) in [6, 6.07) is 18.3. The summed E-state index contributed by atoms with van der Waals surface area (Å²) in [6.07, 6.45) is 0. The Balaban J connectivity index is 0.000000301. The lowest BCUT2D eigenvalue weighted by Crippen LogP contribution is -2.00. The van der Waals surface area contributed by atoms with Crippen LogP contribution in [0.25, 0.3) is 0 Å². The molecule has 0 aliphatic heterocycles. The Labute approximate surface area is 271 Å². The SMILES string of the molecule is CC(C)c1ccc(F)cc1.CC(C)c1ccc(F)cc1F.CC(C)c1cccc(Cl)c1F.Cc1cc(F)cc(CO)c1C(C)C. The quantitative estimate of drug-likeness (QED) is 0.213. The molecule has 0 radical (unpaired) electrons. The lowest BCUT2D eigenvalue weighted by Gasteiger charge is -2.14. The van der Waals surface area contributed by atoms with Crippen molar-refractivity contribution in [2.24, 2.45) is 0 Å². The number of hydrogen-bond donors (Lipinski definition) is 1. The van der Waals surface area contributed by atoms with Crippen LogP contribution in [0.3, 0.4) is 0 Å². The predicted octanol–water partition coefficient (Wildman–Crippen LogP) is 12.4. The summed E-state index contributed by atoms with van der Waals surface area (Å²) in [6.45, 7) is 17.7. The van der Waals surface area contributed by atoms with Crippen LogP contribution in [0.2, 0.25) is 5.02 Å². The second-order valence-electron chi connectivity index (χ2n) is 11.9. The Bertz CT molecular complexity index is 1460. The van der Waals surface area contributed by atoms with Gasteiger partial charge in [-0.1, -0.05) is 97.3 Å². The summed E-state index contributed by atoms with van der Waals surface area (Å²) in [4.78, 5) is 0. The van der Waals surface area contributed by atoms with E-state index in [1.807, 2.05) is 60.6 Å². The first kappa shape index (κ1) is 39.8. The molecule has 0 aliphatic carbocycles. The number of rotatable bonds is 5. The molecule has 1 N–H and O–H groups in total. The maximum Gasteiger partial charge on any atom is 0.145 e. The molecule has 0 bridgehead atoms. The molecular formula is C38H46ClF5O. The number of halogens is 6. The fourth-order valence-electron chi connectivity index (χ4n) is 4.56. The van der Waals surface area contributed by atoms with Gasteiger partial charge in [-0.2, -0.15) is 0 Å². The average Bonchev–Trinajstić information content (AvgIpc) is 2.94. The van der Waals surface area contributed by atoms with Crippen LogP contribution in [0, 0.1) is 36.0 Å². The van der Waals surface area contributed by atoms with E-state index >= 15 is 0 Å². The number of aliphatic hydroxyl groups is 1. The van der Waals surface area contributed by atoms with Crippen LogP contribution in [0.4, 0.5) is 22.0 Å². The van der Waals surface area contributed by atoms with Gasteiger partial charge in [0.05, 0.1) is 11.6 Å². The minimum Gasteiger partial charge on any atom is -0.392 e. The Morgan fingerprint density at radius 2 is 1.16 bits per heavy atom. The Morgan fingerprint density at radius 3 is 1.60 bits per heavy atom. The van der Waals surface area contributed by atoms with Crippen molar-refractivity contribution in [1.82, 2.24) is 0 Å². The molecule has 45 heavy (non-hydrogen) atoms. The third-order valence-electron chi connectivity index (χ3n) is 6.91. The largest absolute Gasteiger partial charge is 0.392 e. The van der Waals surface area contributed by atoms with E-state index in [4.69, 9.17) is 16.7 Å². The standard InChI is InChI=1S/C11H15FO.C9H10ClF.C9H10F2.C9H11F/c1-7(2)11-8(3)4-10(12)5-9(11)6-13;1-6(2)7-4-3-5-8(10)9(7)11;1-6(2)8-4-3-7(10)5-9(8)11;1-7(2)8-3-5-9(10)6-4-8/h4-5,7,13H,6H2,1-3H3;2*3-6H,1-2H3;3-7H,1-2H3. The fourth-order valence-corrected chi connectivity index (χ4v) is 4.75. The van der Waals surface area contributed by atoms with Crippen molar-refractivity contribution in [3.8, 4) is 0 Å². The molecule has 0 saturated carbocycles. The zero-order chi connectivity index (χ0) is 34.4. The normalized spacial score (nSPS) is 10.7. The molecular weight excluding hydrogens is 603 g/mol. The van der Waals surface area contributed by atoms with Gasteiger partial charge in [0.15, 0.2) is 0 Å². The fraction of sp³-hybridized carbons (Fsp3) is 0.368. The van der Waals surface area contributed by atoms with E-state index in [9.17, 15) is 22.0 Å². The highest BCUT2D eigenvalue weighted by molar-refractivity contribution is 6.30. The first-order chi connectivity index (χ1) is 21.0. The van der Waals surface area contributed by atoms with Gasteiger partial charge in [-0.05, 0) is 100 Å². The third kappa shape index (κ3) is 13.3. The van der Waals surface area contributed by atoms with E-state index in [1.54, 1.807) is 18.2 Å². The van der Waals surface area contributed by atoms with Gasteiger partial charge in [0.25, 0.3) is 0 Å². The summed E-state index contributed by atoms with van der Waals surface area (Å²) in [5.74, 6) is -0.598. The van der Waals surface area contributed by atoms with Gasteiger partial charge in [-0.3, -0.25) is 0 Å². The molecule has 0 amide bonds. The lowest BCUT2D eigenvalue weighted by molar-refractivity contribution is 0.279. The number of benzene rings is 4. The van der Waals surface area contributed by atoms with Crippen molar-refractivity contribution in [3.05, 3.63) is 140 Å². The zero-order valence-electron chi connectivity index (χ0n) is 27.7. The maximum absolute atomic E-state index is 13.1. The van der Waals surface area contributed by atoms with Crippen molar-refractivity contribution in [2.75, 3.05) is 0 Å². The van der Waals surface area contributed by atoms with Crippen molar-refractivity contribution in [3.63, 3.8) is 0 Å². The van der Waals surface area contributed by atoms with Gasteiger partial charge >= 0.3 is 0 Å².